The fourth-order valence-corrected chi connectivity index (χ4v) is 5.14. The van der Waals surface area contributed by atoms with E-state index in [4.69, 9.17) is 0 Å². The second kappa shape index (κ2) is 8.97. The summed E-state index contributed by atoms with van der Waals surface area (Å²) in [5, 5.41) is 9.31. The molecule has 3 aliphatic rings. The van der Waals surface area contributed by atoms with Crippen LogP contribution in [0.15, 0.2) is 30.3 Å². The first-order valence-corrected chi connectivity index (χ1v) is 11.2. The van der Waals surface area contributed by atoms with Crippen molar-refractivity contribution in [3.8, 4) is 0 Å². The Bertz CT molecular complexity index is 936. The molecule has 1 N–H and O–H groups in total. The molecule has 3 amide bonds. The number of piperidine rings is 1. The highest BCUT2D eigenvalue weighted by Gasteiger charge is 2.55. The van der Waals surface area contributed by atoms with Crippen LogP contribution in [-0.4, -0.2) is 113 Å². The van der Waals surface area contributed by atoms with Gasteiger partial charge in [0.25, 0.3) is 5.91 Å². The zero-order valence-electron chi connectivity index (χ0n) is 18.9. The molecule has 0 saturated carbocycles. The number of halogens is 3. The van der Waals surface area contributed by atoms with Gasteiger partial charge in [0.1, 0.15) is 18.1 Å². The molecule has 1 spiro atoms. The molecular formula is C22H28F3N5O4. The number of carbonyl (C=O) groups is 3. The van der Waals surface area contributed by atoms with Crippen LogP contribution in [0.5, 0.6) is 0 Å². The van der Waals surface area contributed by atoms with Crippen molar-refractivity contribution in [1.82, 2.24) is 19.6 Å². The number of para-hydroxylation sites is 1. The van der Waals surface area contributed by atoms with Gasteiger partial charge in [0.15, 0.2) is 0 Å². The van der Waals surface area contributed by atoms with Crippen molar-refractivity contribution in [3.05, 3.63) is 30.3 Å². The molecule has 12 heteroatoms. The Balaban J connectivity index is 1.56. The molecule has 0 aliphatic carbocycles. The quantitative estimate of drug-likeness (QED) is 0.702. The number of hydrogen-bond donors (Lipinski definition) is 1. The van der Waals surface area contributed by atoms with Crippen LogP contribution in [0.4, 0.5) is 23.7 Å². The number of nitrogens with zero attached hydrogens (tertiary/aromatic N) is 5. The maximum absolute atomic E-state index is 13.6. The molecule has 9 nitrogen and oxygen atoms in total. The van der Waals surface area contributed by atoms with Crippen LogP contribution in [0.2, 0.25) is 0 Å². The third-order valence-corrected chi connectivity index (χ3v) is 7.05. The van der Waals surface area contributed by atoms with Crippen molar-refractivity contribution in [2.75, 3.05) is 57.9 Å². The Kier molecular flexibility index (Phi) is 6.36. The third kappa shape index (κ3) is 4.38. The van der Waals surface area contributed by atoms with Crippen LogP contribution < -0.4 is 4.90 Å². The van der Waals surface area contributed by atoms with Crippen molar-refractivity contribution < 1.29 is 32.7 Å². The summed E-state index contributed by atoms with van der Waals surface area (Å²) >= 11 is 0. The number of benzene rings is 1. The van der Waals surface area contributed by atoms with Gasteiger partial charge in [-0.15, -0.1) is 0 Å². The average molecular weight is 483 g/mol. The lowest BCUT2D eigenvalue weighted by atomic mass is 9.85. The highest BCUT2D eigenvalue weighted by Crippen LogP contribution is 2.39. The normalized spacial score (nSPS) is 23.6. The maximum atomic E-state index is 13.6. The number of likely N-dealkylation sites (tertiary alicyclic amines) is 1. The minimum atomic E-state index is -4.57. The number of carboxylic acid groups (broad SMARTS) is 1. The number of likely N-dealkylation sites (N-methyl/N-ethyl adjacent to an activating group) is 1. The van der Waals surface area contributed by atoms with Crippen molar-refractivity contribution in [2.45, 2.75) is 30.6 Å². The second-order valence-corrected chi connectivity index (χ2v) is 9.12. The van der Waals surface area contributed by atoms with Crippen molar-refractivity contribution in [2.24, 2.45) is 0 Å². The Morgan fingerprint density at radius 2 is 1.74 bits per heavy atom. The van der Waals surface area contributed by atoms with E-state index in [1.807, 2.05) is 35.2 Å². The number of piperazine rings is 1. The molecule has 3 heterocycles. The molecule has 1 aromatic carbocycles. The van der Waals surface area contributed by atoms with Crippen LogP contribution in [0.1, 0.15) is 12.8 Å². The molecule has 0 radical (unpaired) electrons. The van der Waals surface area contributed by atoms with Crippen molar-refractivity contribution in [3.63, 3.8) is 0 Å². The van der Waals surface area contributed by atoms with Gasteiger partial charge in [-0.1, -0.05) is 18.2 Å². The molecule has 1 aromatic rings. The number of carbonyl (C=O) groups excluding carboxylic acids is 2. The first-order valence-electron chi connectivity index (χ1n) is 11.2. The molecule has 3 aliphatic heterocycles. The van der Waals surface area contributed by atoms with Gasteiger partial charge in [-0.05, 0) is 32.0 Å². The van der Waals surface area contributed by atoms with Gasteiger partial charge in [-0.3, -0.25) is 9.59 Å². The van der Waals surface area contributed by atoms with Gasteiger partial charge in [0.05, 0.1) is 6.67 Å². The van der Waals surface area contributed by atoms with Gasteiger partial charge in [-0.2, -0.15) is 13.2 Å². The smallest absolute Gasteiger partial charge is 0.410 e. The molecule has 1 unspecified atom stereocenters. The number of amides is 3. The molecule has 4 rings (SSSR count). The number of rotatable bonds is 3. The fourth-order valence-electron chi connectivity index (χ4n) is 5.14. The standard InChI is InChI=1S/C22H28F3N5O4/c1-26-11-12-29(17(13-26)22(23,24)25)18(31)14-28-15-30(16-5-3-2-4-6-16)21(19(28)32)7-9-27(10-8-21)20(33)34/h2-6,17H,7-15H2,1H3,(H,33,34). The zero-order valence-corrected chi connectivity index (χ0v) is 18.9. The van der Waals surface area contributed by atoms with E-state index in [0.29, 0.717) is 6.54 Å². The number of hydrogen-bond acceptors (Lipinski definition) is 5. The summed E-state index contributed by atoms with van der Waals surface area (Å²) in [6, 6.07) is 7.17. The molecule has 186 valence electrons. The minimum absolute atomic E-state index is 0.0477. The van der Waals surface area contributed by atoms with E-state index in [1.165, 1.54) is 14.7 Å². The van der Waals surface area contributed by atoms with E-state index in [0.717, 1.165) is 10.6 Å². The predicted octanol–water partition coefficient (Wildman–Crippen LogP) is 1.51. The molecule has 0 bridgehead atoms. The molecule has 34 heavy (non-hydrogen) atoms. The number of alkyl halides is 3. The van der Waals surface area contributed by atoms with Gasteiger partial charge in [0, 0.05) is 38.4 Å². The summed E-state index contributed by atoms with van der Waals surface area (Å²) in [6.45, 7) is -0.162. The Labute approximate surface area is 195 Å². The van der Waals surface area contributed by atoms with Crippen LogP contribution >= 0.6 is 0 Å². The summed E-state index contributed by atoms with van der Waals surface area (Å²) < 4.78 is 40.9. The van der Waals surface area contributed by atoms with Crippen LogP contribution in [-0.2, 0) is 9.59 Å². The number of anilines is 1. The van der Waals surface area contributed by atoms with E-state index in [2.05, 4.69) is 0 Å². The van der Waals surface area contributed by atoms with Crippen LogP contribution in [0.25, 0.3) is 0 Å². The predicted molar refractivity (Wildman–Crippen MR) is 116 cm³/mol. The van der Waals surface area contributed by atoms with Gasteiger partial charge < -0.3 is 29.6 Å². The maximum Gasteiger partial charge on any atom is 0.410 e. The van der Waals surface area contributed by atoms with Crippen molar-refractivity contribution in [1.29, 1.82) is 0 Å². The van der Waals surface area contributed by atoms with E-state index in [9.17, 15) is 32.7 Å². The Morgan fingerprint density at radius 1 is 1.09 bits per heavy atom. The summed E-state index contributed by atoms with van der Waals surface area (Å²) in [4.78, 5) is 44.8. The first kappa shape index (κ1) is 24.1. The lowest BCUT2D eigenvalue weighted by molar-refractivity contribution is -0.200. The van der Waals surface area contributed by atoms with Gasteiger partial charge in [-0.25, -0.2) is 4.79 Å². The SMILES string of the molecule is CN1CCN(C(=O)CN2CN(c3ccccc3)C3(CCN(C(=O)O)CC3)C2=O)C(C(F)(F)F)C1. The second-order valence-electron chi connectivity index (χ2n) is 9.12. The summed E-state index contributed by atoms with van der Waals surface area (Å²) in [6.07, 6.45) is -5.17. The minimum Gasteiger partial charge on any atom is -0.465 e. The summed E-state index contributed by atoms with van der Waals surface area (Å²) in [5.41, 5.74) is -0.304. The van der Waals surface area contributed by atoms with Crippen LogP contribution in [0, 0.1) is 0 Å². The Morgan fingerprint density at radius 3 is 2.32 bits per heavy atom. The average Bonchev–Trinajstić information content (AvgIpc) is 3.05. The lowest BCUT2D eigenvalue weighted by Gasteiger charge is -2.42. The van der Waals surface area contributed by atoms with E-state index < -0.39 is 36.3 Å². The van der Waals surface area contributed by atoms with Crippen LogP contribution in [0.3, 0.4) is 0 Å². The molecule has 3 fully saturated rings. The molecule has 3 saturated heterocycles. The monoisotopic (exact) mass is 483 g/mol. The first-order chi connectivity index (χ1) is 16.0. The van der Waals surface area contributed by atoms with E-state index >= 15 is 0 Å². The zero-order chi connectivity index (χ0) is 24.7. The largest absolute Gasteiger partial charge is 0.465 e. The molecule has 0 aromatic heterocycles. The summed E-state index contributed by atoms with van der Waals surface area (Å²) in [7, 11) is 1.58. The molecular weight excluding hydrogens is 455 g/mol. The van der Waals surface area contributed by atoms with E-state index in [1.54, 1.807) is 7.05 Å². The fraction of sp³-hybridized carbons (Fsp3) is 0.591. The highest BCUT2D eigenvalue weighted by molar-refractivity contribution is 5.96. The lowest BCUT2D eigenvalue weighted by Crippen LogP contribution is -2.61. The Hall–Kier alpha value is -3.02. The van der Waals surface area contributed by atoms with Gasteiger partial charge in [0.2, 0.25) is 5.91 Å². The summed E-state index contributed by atoms with van der Waals surface area (Å²) in [5.74, 6) is -1.09. The molecule has 1 atom stereocenters. The topological polar surface area (TPSA) is 87.6 Å². The van der Waals surface area contributed by atoms with Gasteiger partial charge >= 0.3 is 12.3 Å². The van der Waals surface area contributed by atoms with Crippen molar-refractivity contribution >= 4 is 23.6 Å². The van der Waals surface area contributed by atoms with E-state index in [-0.39, 0.29) is 51.6 Å². The third-order valence-electron chi connectivity index (χ3n) is 7.05. The highest BCUT2D eigenvalue weighted by atomic mass is 19.4.